The minimum Gasteiger partial charge on any atom is -0.497 e. The molecule has 0 saturated carbocycles. The summed E-state index contributed by atoms with van der Waals surface area (Å²) in [6.45, 7) is 3.34. The van der Waals surface area contributed by atoms with E-state index in [0.717, 1.165) is 18.1 Å². The standard InChI is InChI=1S/C22H24N4O/c1-27-18-6-2-4-16(12-18)19-14-26(20-7-3-5-17(13-23)24-20)21-15-8-10-25(11-9-15)22(19)21/h2-7,12,15,19,21-22H,8-11,14H2,1H3/t19-,21-,22-/m1/s1. The van der Waals surface area contributed by atoms with Gasteiger partial charge in [0.25, 0.3) is 0 Å². The number of methoxy groups -OCH3 is 1. The monoisotopic (exact) mass is 360 g/mol. The number of pyridine rings is 1. The molecule has 0 unspecified atom stereocenters. The van der Waals surface area contributed by atoms with E-state index in [1.165, 1.54) is 31.5 Å². The van der Waals surface area contributed by atoms with E-state index in [-0.39, 0.29) is 0 Å². The first-order valence-corrected chi connectivity index (χ1v) is 9.80. The number of nitrogens with zero attached hydrogens (tertiary/aromatic N) is 4. The van der Waals surface area contributed by atoms with Crippen LogP contribution in [0.5, 0.6) is 5.75 Å². The molecule has 6 rings (SSSR count). The first-order chi connectivity index (χ1) is 13.3. The van der Waals surface area contributed by atoms with Crippen LogP contribution in [-0.4, -0.2) is 48.7 Å². The van der Waals surface area contributed by atoms with Crippen molar-refractivity contribution in [2.45, 2.75) is 30.8 Å². The maximum absolute atomic E-state index is 9.28. The van der Waals surface area contributed by atoms with Crippen LogP contribution in [0.25, 0.3) is 0 Å². The fraction of sp³-hybridized carbons (Fsp3) is 0.455. The van der Waals surface area contributed by atoms with Gasteiger partial charge in [-0.1, -0.05) is 18.2 Å². The number of benzene rings is 1. The normalized spacial score (nSPS) is 31.4. The zero-order valence-corrected chi connectivity index (χ0v) is 15.6. The van der Waals surface area contributed by atoms with Gasteiger partial charge in [-0.3, -0.25) is 4.90 Å². The Labute approximate surface area is 160 Å². The lowest BCUT2D eigenvalue weighted by Gasteiger charge is -2.51. The second kappa shape index (κ2) is 6.54. The van der Waals surface area contributed by atoms with Crippen molar-refractivity contribution in [1.29, 1.82) is 5.26 Å². The van der Waals surface area contributed by atoms with E-state index in [2.05, 4.69) is 45.1 Å². The van der Waals surface area contributed by atoms with E-state index in [1.54, 1.807) is 13.2 Å². The number of hydrogen-bond donors (Lipinski definition) is 0. The van der Waals surface area contributed by atoms with Crippen LogP contribution in [0.4, 0.5) is 5.82 Å². The number of fused-ring (bicyclic) bond motifs is 2. The third-order valence-corrected chi connectivity index (χ3v) is 6.66. The van der Waals surface area contributed by atoms with Gasteiger partial charge in [-0.25, -0.2) is 4.98 Å². The molecule has 0 aliphatic carbocycles. The summed E-state index contributed by atoms with van der Waals surface area (Å²) >= 11 is 0. The topological polar surface area (TPSA) is 52.4 Å². The maximum atomic E-state index is 9.28. The van der Waals surface area contributed by atoms with Crippen LogP contribution >= 0.6 is 0 Å². The molecule has 0 radical (unpaired) electrons. The molecule has 5 nitrogen and oxygen atoms in total. The van der Waals surface area contributed by atoms with Gasteiger partial charge in [0.1, 0.15) is 23.3 Å². The van der Waals surface area contributed by atoms with Crippen molar-refractivity contribution >= 4 is 5.82 Å². The van der Waals surface area contributed by atoms with Gasteiger partial charge in [0, 0.05) is 24.5 Å². The van der Waals surface area contributed by atoms with E-state index < -0.39 is 0 Å². The first kappa shape index (κ1) is 16.6. The predicted molar refractivity (Wildman–Crippen MR) is 104 cm³/mol. The Balaban J connectivity index is 1.56. The summed E-state index contributed by atoms with van der Waals surface area (Å²) in [6.07, 6.45) is 2.53. The number of piperidine rings is 3. The second-order valence-electron chi connectivity index (χ2n) is 7.88. The highest BCUT2D eigenvalue weighted by Crippen LogP contribution is 2.47. The third kappa shape index (κ3) is 2.67. The van der Waals surface area contributed by atoms with Crippen molar-refractivity contribution in [2.24, 2.45) is 5.92 Å². The Kier molecular flexibility index (Phi) is 4.02. The molecule has 2 aromatic rings. The number of ether oxygens (including phenoxy) is 1. The minimum absolute atomic E-state index is 0.431. The summed E-state index contributed by atoms with van der Waals surface area (Å²) in [7, 11) is 1.73. The zero-order valence-electron chi connectivity index (χ0n) is 15.6. The molecule has 1 aromatic carbocycles. The van der Waals surface area contributed by atoms with Crippen LogP contribution < -0.4 is 9.64 Å². The Bertz CT molecular complexity index is 884. The van der Waals surface area contributed by atoms with Crippen molar-refractivity contribution in [2.75, 3.05) is 31.6 Å². The molecule has 138 valence electrons. The minimum atomic E-state index is 0.431. The number of rotatable bonds is 3. The average molecular weight is 360 g/mol. The molecule has 4 aliphatic heterocycles. The van der Waals surface area contributed by atoms with Gasteiger partial charge in [0.15, 0.2) is 0 Å². The third-order valence-electron chi connectivity index (χ3n) is 6.66. The van der Waals surface area contributed by atoms with E-state index in [9.17, 15) is 5.26 Å². The van der Waals surface area contributed by atoms with Crippen LogP contribution in [0.15, 0.2) is 42.5 Å². The quantitative estimate of drug-likeness (QED) is 0.842. The molecule has 4 fully saturated rings. The van der Waals surface area contributed by atoms with Crippen LogP contribution in [-0.2, 0) is 0 Å². The average Bonchev–Trinajstić information content (AvgIpc) is 3.18. The number of hydrogen-bond acceptors (Lipinski definition) is 5. The summed E-state index contributed by atoms with van der Waals surface area (Å²) in [4.78, 5) is 9.79. The van der Waals surface area contributed by atoms with Crippen molar-refractivity contribution in [3.8, 4) is 11.8 Å². The summed E-state index contributed by atoms with van der Waals surface area (Å²) in [5.74, 6) is 3.01. The molecular weight excluding hydrogens is 336 g/mol. The molecule has 5 heteroatoms. The molecule has 4 aliphatic rings. The van der Waals surface area contributed by atoms with Crippen molar-refractivity contribution in [3.05, 3.63) is 53.7 Å². The Hall–Kier alpha value is -2.58. The molecule has 0 spiro atoms. The summed E-state index contributed by atoms with van der Waals surface area (Å²) in [5, 5.41) is 9.28. The van der Waals surface area contributed by atoms with Crippen LogP contribution in [0, 0.1) is 17.2 Å². The molecule has 2 bridgehead atoms. The van der Waals surface area contributed by atoms with E-state index in [0.29, 0.717) is 29.6 Å². The van der Waals surface area contributed by atoms with Gasteiger partial charge in [-0.15, -0.1) is 0 Å². The molecule has 1 aromatic heterocycles. The fourth-order valence-electron chi connectivity index (χ4n) is 5.49. The Morgan fingerprint density at radius 3 is 2.70 bits per heavy atom. The van der Waals surface area contributed by atoms with Crippen LogP contribution in [0.1, 0.15) is 30.0 Å². The highest BCUT2D eigenvalue weighted by atomic mass is 16.5. The maximum Gasteiger partial charge on any atom is 0.142 e. The highest BCUT2D eigenvalue weighted by molar-refractivity contribution is 5.49. The molecule has 27 heavy (non-hydrogen) atoms. The first-order valence-electron chi connectivity index (χ1n) is 9.80. The number of aromatic nitrogens is 1. The zero-order chi connectivity index (χ0) is 18.4. The lowest BCUT2D eigenvalue weighted by molar-refractivity contribution is 0.0354. The number of anilines is 1. The lowest BCUT2D eigenvalue weighted by Crippen LogP contribution is -2.60. The molecular formula is C22H24N4O. The van der Waals surface area contributed by atoms with Gasteiger partial charge in [-0.2, -0.15) is 5.26 Å². The van der Waals surface area contributed by atoms with Crippen molar-refractivity contribution < 1.29 is 4.74 Å². The van der Waals surface area contributed by atoms with Gasteiger partial charge in [-0.05, 0) is 61.7 Å². The SMILES string of the molecule is COc1cccc([C@H]2CN(c3cccc(C#N)n3)[C@@H]3C4CCN(CC4)[C@H]23)c1. The molecule has 3 atom stereocenters. The summed E-state index contributed by atoms with van der Waals surface area (Å²) < 4.78 is 5.48. The van der Waals surface area contributed by atoms with Gasteiger partial charge in [0.2, 0.25) is 0 Å². The van der Waals surface area contributed by atoms with E-state index in [4.69, 9.17) is 4.74 Å². The summed E-state index contributed by atoms with van der Waals surface area (Å²) in [6, 6.07) is 17.5. The lowest BCUT2D eigenvalue weighted by atomic mass is 9.75. The van der Waals surface area contributed by atoms with E-state index >= 15 is 0 Å². The Morgan fingerprint density at radius 2 is 1.93 bits per heavy atom. The smallest absolute Gasteiger partial charge is 0.142 e. The van der Waals surface area contributed by atoms with Crippen molar-refractivity contribution in [3.63, 3.8) is 0 Å². The largest absolute Gasteiger partial charge is 0.497 e. The highest BCUT2D eigenvalue weighted by Gasteiger charge is 2.53. The van der Waals surface area contributed by atoms with Gasteiger partial charge >= 0.3 is 0 Å². The molecule has 5 heterocycles. The summed E-state index contributed by atoms with van der Waals surface area (Å²) in [5.41, 5.74) is 1.84. The Morgan fingerprint density at radius 1 is 1.11 bits per heavy atom. The number of nitriles is 1. The molecule has 0 amide bonds. The molecule has 0 N–H and O–H groups in total. The van der Waals surface area contributed by atoms with Crippen molar-refractivity contribution in [1.82, 2.24) is 9.88 Å². The van der Waals surface area contributed by atoms with Gasteiger partial charge < -0.3 is 9.64 Å². The van der Waals surface area contributed by atoms with Crippen LogP contribution in [0.2, 0.25) is 0 Å². The van der Waals surface area contributed by atoms with Crippen LogP contribution in [0.3, 0.4) is 0 Å². The van der Waals surface area contributed by atoms with E-state index in [1.807, 2.05) is 12.1 Å². The fourth-order valence-corrected chi connectivity index (χ4v) is 5.49. The predicted octanol–water partition coefficient (Wildman–Crippen LogP) is 3.03. The second-order valence-corrected chi connectivity index (χ2v) is 7.88. The molecule has 4 saturated heterocycles. The van der Waals surface area contributed by atoms with Gasteiger partial charge in [0.05, 0.1) is 7.11 Å².